The molecule has 0 atom stereocenters. The van der Waals surface area contributed by atoms with Crippen LogP contribution in [0.3, 0.4) is 0 Å². The van der Waals surface area contributed by atoms with E-state index in [2.05, 4.69) is 10.3 Å². The second-order valence-electron chi connectivity index (χ2n) is 5.44. The van der Waals surface area contributed by atoms with E-state index in [1.807, 2.05) is 0 Å². The zero-order valence-corrected chi connectivity index (χ0v) is 14.5. The number of carboxylic acids is 1. The summed E-state index contributed by atoms with van der Waals surface area (Å²) in [6.45, 7) is 1.37. The first-order chi connectivity index (χ1) is 12.4. The number of amides is 1. The van der Waals surface area contributed by atoms with Gasteiger partial charge in [0.1, 0.15) is 23.0 Å². The minimum Gasteiger partial charge on any atom is -0.478 e. The average Bonchev–Trinajstić information content (AvgIpc) is 3.03. The molecule has 0 spiro atoms. The Kier molecular flexibility index (Phi) is 4.81. The number of hydrogen-bond acceptors (Lipinski definition) is 5. The van der Waals surface area contributed by atoms with E-state index in [0.29, 0.717) is 17.1 Å². The fourth-order valence-electron chi connectivity index (χ4n) is 2.55. The van der Waals surface area contributed by atoms with Gasteiger partial charge in [-0.05, 0) is 12.1 Å². The molecule has 2 N–H and O–H groups in total. The van der Waals surface area contributed by atoms with Crippen molar-refractivity contribution in [1.29, 1.82) is 0 Å². The lowest BCUT2D eigenvalue weighted by atomic mass is 10.2. The highest BCUT2D eigenvalue weighted by atomic mass is 32.1. The molecule has 7 nitrogen and oxygen atoms in total. The minimum absolute atomic E-state index is 0.000562. The largest absolute Gasteiger partial charge is 0.478 e. The number of nitrogens with zero attached hydrogens (tertiary/aromatic N) is 2. The Hall–Kier alpha value is -3.07. The maximum atomic E-state index is 13.7. The van der Waals surface area contributed by atoms with Crippen LogP contribution in [0.5, 0.6) is 0 Å². The molecule has 1 amide bonds. The highest BCUT2D eigenvalue weighted by molar-refractivity contribution is 7.17. The van der Waals surface area contributed by atoms with Gasteiger partial charge in [-0.15, -0.1) is 11.3 Å². The summed E-state index contributed by atoms with van der Waals surface area (Å²) in [5, 5.41) is 13.0. The Balaban J connectivity index is 2.01. The number of fused-ring (bicyclic) bond motifs is 1. The highest BCUT2D eigenvalue weighted by Gasteiger charge is 2.20. The lowest BCUT2D eigenvalue weighted by Crippen LogP contribution is -2.31. The number of carboxylic acid groups (broad SMARTS) is 1. The molecule has 0 aliphatic rings. The van der Waals surface area contributed by atoms with E-state index in [1.165, 1.54) is 23.6 Å². The highest BCUT2D eigenvalue weighted by Crippen LogP contribution is 2.22. The van der Waals surface area contributed by atoms with Gasteiger partial charge in [-0.3, -0.25) is 14.2 Å². The van der Waals surface area contributed by atoms with Gasteiger partial charge in [-0.1, -0.05) is 19.1 Å². The number of aryl methyl sites for hydroxylation is 1. The molecule has 26 heavy (non-hydrogen) atoms. The van der Waals surface area contributed by atoms with Crippen molar-refractivity contribution in [2.24, 2.45) is 0 Å². The SMILES string of the molecule is CCc1nc2scc(C(=O)O)c2c(=O)n1CC(=O)Nc1ccccc1F. The quantitative estimate of drug-likeness (QED) is 0.713. The predicted molar refractivity (Wildman–Crippen MR) is 95.2 cm³/mol. The van der Waals surface area contributed by atoms with Crippen LogP contribution in [0, 0.1) is 5.82 Å². The smallest absolute Gasteiger partial charge is 0.337 e. The van der Waals surface area contributed by atoms with Crippen molar-refractivity contribution in [2.45, 2.75) is 19.9 Å². The second kappa shape index (κ2) is 7.04. The Morgan fingerprint density at radius 2 is 2.08 bits per heavy atom. The maximum Gasteiger partial charge on any atom is 0.337 e. The average molecular weight is 375 g/mol. The van der Waals surface area contributed by atoms with Crippen LogP contribution in [0.25, 0.3) is 10.2 Å². The molecule has 9 heteroatoms. The molecule has 2 heterocycles. The molecule has 0 saturated heterocycles. The number of halogens is 1. The zero-order chi connectivity index (χ0) is 18.8. The number of anilines is 1. The van der Waals surface area contributed by atoms with E-state index < -0.39 is 29.8 Å². The Labute approximate surface area is 150 Å². The number of para-hydroxylation sites is 1. The molecule has 0 radical (unpaired) electrons. The first-order valence-corrected chi connectivity index (χ1v) is 8.59. The molecule has 3 rings (SSSR count). The molecule has 1 aromatic carbocycles. The molecule has 2 aromatic heterocycles. The van der Waals surface area contributed by atoms with Gasteiger partial charge < -0.3 is 10.4 Å². The third kappa shape index (κ3) is 3.21. The Morgan fingerprint density at radius 1 is 1.35 bits per heavy atom. The Morgan fingerprint density at radius 3 is 2.73 bits per heavy atom. The molecular formula is C17H14FN3O4S. The van der Waals surface area contributed by atoms with E-state index in [1.54, 1.807) is 13.0 Å². The van der Waals surface area contributed by atoms with E-state index in [0.717, 1.165) is 15.9 Å². The van der Waals surface area contributed by atoms with Crippen LogP contribution in [0.1, 0.15) is 23.1 Å². The summed E-state index contributed by atoms with van der Waals surface area (Å²) in [7, 11) is 0. The van der Waals surface area contributed by atoms with Gasteiger partial charge in [0.05, 0.1) is 16.6 Å². The standard InChI is InChI=1S/C17H14FN3O4S/c1-2-12-20-15-14(9(8-26-15)17(24)25)16(23)21(12)7-13(22)19-11-6-4-3-5-10(11)18/h3-6,8H,2,7H2,1H3,(H,19,22)(H,24,25). The van der Waals surface area contributed by atoms with Crippen LogP contribution < -0.4 is 10.9 Å². The van der Waals surface area contributed by atoms with Gasteiger partial charge in [0.2, 0.25) is 5.91 Å². The van der Waals surface area contributed by atoms with Gasteiger partial charge in [0.25, 0.3) is 5.56 Å². The molecule has 0 bridgehead atoms. The van der Waals surface area contributed by atoms with Crippen molar-refractivity contribution in [3.05, 3.63) is 57.2 Å². The summed E-state index contributed by atoms with van der Waals surface area (Å²) in [6.07, 6.45) is 0.373. The number of nitrogens with one attached hydrogen (secondary N) is 1. The Bertz CT molecular complexity index is 1070. The summed E-state index contributed by atoms with van der Waals surface area (Å²) in [5.41, 5.74) is -0.748. The van der Waals surface area contributed by atoms with Gasteiger partial charge >= 0.3 is 5.97 Å². The summed E-state index contributed by atoms with van der Waals surface area (Å²) in [5.74, 6) is -2.09. The lowest BCUT2D eigenvalue weighted by molar-refractivity contribution is -0.116. The van der Waals surface area contributed by atoms with Crippen LogP contribution in [0.2, 0.25) is 0 Å². The molecule has 3 aromatic rings. The van der Waals surface area contributed by atoms with Crippen LogP contribution in [-0.4, -0.2) is 26.5 Å². The fourth-order valence-corrected chi connectivity index (χ4v) is 3.47. The van der Waals surface area contributed by atoms with Crippen molar-refractivity contribution in [2.75, 3.05) is 5.32 Å². The zero-order valence-electron chi connectivity index (χ0n) is 13.7. The number of rotatable bonds is 5. The van der Waals surface area contributed by atoms with Crippen molar-refractivity contribution in [3.8, 4) is 0 Å². The number of carbonyl (C=O) groups is 2. The molecule has 0 saturated carbocycles. The molecule has 0 unspecified atom stereocenters. The number of benzene rings is 1. The van der Waals surface area contributed by atoms with Crippen molar-refractivity contribution < 1.29 is 19.1 Å². The second-order valence-corrected chi connectivity index (χ2v) is 6.29. The van der Waals surface area contributed by atoms with Gasteiger partial charge in [0.15, 0.2) is 0 Å². The summed E-state index contributed by atoms with van der Waals surface area (Å²) in [4.78, 5) is 40.9. The van der Waals surface area contributed by atoms with Crippen molar-refractivity contribution in [1.82, 2.24) is 9.55 Å². The molecule has 0 aliphatic heterocycles. The van der Waals surface area contributed by atoms with E-state index in [-0.39, 0.29) is 16.6 Å². The maximum absolute atomic E-state index is 13.7. The number of aromatic carboxylic acids is 1. The molecular weight excluding hydrogens is 361 g/mol. The van der Waals surface area contributed by atoms with Crippen LogP contribution >= 0.6 is 11.3 Å². The number of hydrogen-bond donors (Lipinski definition) is 2. The van der Waals surface area contributed by atoms with E-state index in [9.17, 15) is 23.9 Å². The monoisotopic (exact) mass is 375 g/mol. The predicted octanol–water partition coefficient (Wildman–Crippen LogP) is 2.50. The fraction of sp³-hybridized carbons (Fsp3) is 0.176. The third-order valence-corrected chi connectivity index (χ3v) is 4.64. The molecule has 134 valence electrons. The van der Waals surface area contributed by atoms with Crippen LogP contribution in [-0.2, 0) is 17.8 Å². The minimum atomic E-state index is -1.23. The van der Waals surface area contributed by atoms with Crippen molar-refractivity contribution >= 4 is 39.1 Å². The van der Waals surface area contributed by atoms with Gasteiger partial charge in [-0.25, -0.2) is 14.2 Å². The van der Waals surface area contributed by atoms with E-state index >= 15 is 0 Å². The summed E-state index contributed by atoms with van der Waals surface area (Å²) in [6, 6.07) is 5.67. The van der Waals surface area contributed by atoms with Gasteiger partial charge in [0, 0.05) is 11.8 Å². The summed E-state index contributed by atoms with van der Waals surface area (Å²) < 4.78 is 14.8. The van der Waals surface area contributed by atoms with Crippen molar-refractivity contribution in [3.63, 3.8) is 0 Å². The number of carbonyl (C=O) groups excluding carboxylic acids is 1. The van der Waals surface area contributed by atoms with Gasteiger partial charge in [-0.2, -0.15) is 0 Å². The first-order valence-electron chi connectivity index (χ1n) is 7.71. The van der Waals surface area contributed by atoms with E-state index in [4.69, 9.17) is 0 Å². The first kappa shape index (κ1) is 17.7. The number of thiophene rings is 1. The molecule has 0 aliphatic carbocycles. The topological polar surface area (TPSA) is 101 Å². The summed E-state index contributed by atoms with van der Waals surface area (Å²) >= 11 is 1.06. The normalized spacial score (nSPS) is 10.8. The van der Waals surface area contributed by atoms with Crippen LogP contribution in [0.4, 0.5) is 10.1 Å². The lowest BCUT2D eigenvalue weighted by Gasteiger charge is -2.12. The third-order valence-electron chi connectivity index (χ3n) is 3.77. The van der Waals surface area contributed by atoms with Crippen LogP contribution in [0.15, 0.2) is 34.4 Å². The number of aromatic nitrogens is 2. The molecule has 0 fully saturated rings.